The van der Waals surface area contributed by atoms with Crippen LogP contribution in [0, 0.1) is 0 Å². The standard InChI is InChI=1S/C20H24BrClN2O2/c21-17-5-7-18(8-6-17)25-15-13-23-9-11-24(12-10-23)14-16-26-20-4-2-1-3-19(20)22/h1-8H,9-16H2. The first kappa shape index (κ1) is 19.5. The molecule has 0 bridgehead atoms. The number of ether oxygens (including phenoxy) is 2. The molecule has 26 heavy (non-hydrogen) atoms. The summed E-state index contributed by atoms with van der Waals surface area (Å²) < 4.78 is 12.7. The molecule has 0 unspecified atom stereocenters. The lowest BCUT2D eigenvalue weighted by atomic mass is 10.3. The lowest BCUT2D eigenvalue weighted by Crippen LogP contribution is -2.48. The molecule has 0 N–H and O–H groups in total. The number of hydrogen-bond donors (Lipinski definition) is 0. The molecule has 3 rings (SSSR count). The van der Waals surface area contributed by atoms with Crippen LogP contribution in [-0.4, -0.2) is 62.3 Å². The van der Waals surface area contributed by atoms with Gasteiger partial charge >= 0.3 is 0 Å². The minimum absolute atomic E-state index is 0.663. The highest BCUT2D eigenvalue weighted by Crippen LogP contribution is 2.23. The third-order valence-electron chi connectivity index (χ3n) is 4.46. The lowest BCUT2D eigenvalue weighted by Gasteiger charge is -2.34. The summed E-state index contributed by atoms with van der Waals surface area (Å²) in [5, 5.41) is 0.670. The summed E-state index contributed by atoms with van der Waals surface area (Å²) in [5.74, 6) is 1.68. The van der Waals surface area contributed by atoms with E-state index in [0.29, 0.717) is 11.6 Å². The van der Waals surface area contributed by atoms with Crippen LogP contribution in [0.5, 0.6) is 11.5 Å². The van der Waals surface area contributed by atoms with Crippen LogP contribution in [0.4, 0.5) is 0 Å². The minimum atomic E-state index is 0.663. The fraction of sp³-hybridized carbons (Fsp3) is 0.400. The van der Waals surface area contributed by atoms with Crippen LogP contribution in [0.1, 0.15) is 0 Å². The van der Waals surface area contributed by atoms with Crippen molar-refractivity contribution in [2.24, 2.45) is 0 Å². The third-order valence-corrected chi connectivity index (χ3v) is 5.30. The lowest BCUT2D eigenvalue weighted by molar-refractivity contribution is 0.105. The molecule has 0 aliphatic carbocycles. The topological polar surface area (TPSA) is 24.9 Å². The van der Waals surface area contributed by atoms with Gasteiger partial charge in [-0.1, -0.05) is 39.7 Å². The van der Waals surface area contributed by atoms with E-state index in [1.807, 2.05) is 48.5 Å². The van der Waals surface area contributed by atoms with Crippen molar-refractivity contribution in [2.75, 3.05) is 52.5 Å². The summed E-state index contributed by atoms with van der Waals surface area (Å²) in [4.78, 5) is 4.88. The van der Waals surface area contributed by atoms with E-state index >= 15 is 0 Å². The SMILES string of the molecule is Clc1ccccc1OCCN1CCN(CCOc2ccc(Br)cc2)CC1. The summed E-state index contributed by atoms with van der Waals surface area (Å²) in [5.41, 5.74) is 0. The Morgan fingerprint density at radius 3 is 2.00 bits per heavy atom. The summed E-state index contributed by atoms with van der Waals surface area (Å²) in [6.07, 6.45) is 0. The van der Waals surface area contributed by atoms with E-state index in [1.165, 1.54) is 0 Å². The number of nitrogens with zero attached hydrogens (tertiary/aromatic N) is 2. The second-order valence-electron chi connectivity index (χ2n) is 6.26. The Labute approximate surface area is 168 Å². The Morgan fingerprint density at radius 1 is 0.808 bits per heavy atom. The first-order valence-corrected chi connectivity index (χ1v) is 10.1. The quantitative estimate of drug-likeness (QED) is 0.616. The largest absolute Gasteiger partial charge is 0.492 e. The van der Waals surface area contributed by atoms with Gasteiger partial charge in [0.2, 0.25) is 0 Å². The summed E-state index contributed by atoms with van der Waals surface area (Å²) in [6.45, 7) is 7.52. The molecule has 1 saturated heterocycles. The van der Waals surface area contributed by atoms with Crippen LogP contribution in [-0.2, 0) is 0 Å². The van der Waals surface area contributed by atoms with Crippen molar-refractivity contribution in [2.45, 2.75) is 0 Å². The van der Waals surface area contributed by atoms with Crippen LogP contribution in [0.25, 0.3) is 0 Å². The number of benzene rings is 2. The first-order chi connectivity index (χ1) is 12.7. The highest BCUT2D eigenvalue weighted by molar-refractivity contribution is 9.10. The van der Waals surface area contributed by atoms with Crippen molar-refractivity contribution in [3.63, 3.8) is 0 Å². The molecule has 140 valence electrons. The maximum absolute atomic E-state index is 6.11. The van der Waals surface area contributed by atoms with Crippen LogP contribution in [0.2, 0.25) is 5.02 Å². The van der Waals surface area contributed by atoms with Gasteiger partial charge in [-0.05, 0) is 36.4 Å². The van der Waals surface area contributed by atoms with Gasteiger partial charge < -0.3 is 9.47 Å². The van der Waals surface area contributed by atoms with Gasteiger partial charge in [-0.25, -0.2) is 0 Å². The number of halogens is 2. The van der Waals surface area contributed by atoms with Gasteiger partial charge in [0, 0.05) is 43.7 Å². The van der Waals surface area contributed by atoms with Gasteiger partial charge in [0.05, 0.1) is 5.02 Å². The van der Waals surface area contributed by atoms with Crippen LogP contribution < -0.4 is 9.47 Å². The fourth-order valence-corrected chi connectivity index (χ4v) is 3.36. The van der Waals surface area contributed by atoms with E-state index < -0.39 is 0 Å². The molecule has 0 aromatic heterocycles. The average Bonchev–Trinajstić information content (AvgIpc) is 2.66. The van der Waals surface area contributed by atoms with Gasteiger partial charge in [0.15, 0.2) is 0 Å². The first-order valence-electron chi connectivity index (χ1n) is 8.91. The minimum Gasteiger partial charge on any atom is -0.492 e. The Hall–Kier alpha value is -1.27. The zero-order valence-electron chi connectivity index (χ0n) is 14.7. The van der Waals surface area contributed by atoms with Gasteiger partial charge in [-0.2, -0.15) is 0 Å². The number of hydrogen-bond acceptors (Lipinski definition) is 4. The Bertz CT molecular complexity index is 676. The smallest absolute Gasteiger partial charge is 0.137 e. The molecule has 1 aliphatic rings. The van der Waals surface area contributed by atoms with Crippen LogP contribution in [0.15, 0.2) is 53.0 Å². The van der Waals surface area contributed by atoms with Crippen molar-refractivity contribution < 1.29 is 9.47 Å². The second-order valence-corrected chi connectivity index (χ2v) is 7.59. The van der Waals surface area contributed by atoms with E-state index in [2.05, 4.69) is 25.7 Å². The van der Waals surface area contributed by atoms with Crippen molar-refractivity contribution in [1.29, 1.82) is 0 Å². The molecule has 0 amide bonds. The molecule has 1 heterocycles. The van der Waals surface area contributed by atoms with Gasteiger partial charge in [-0.15, -0.1) is 0 Å². The van der Waals surface area contributed by atoms with Gasteiger partial charge in [0.25, 0.3) is 0 Å². The molecule has 1 fully saturated rings. The Kier molecular flexibility index (Phi) is 7.62. The monoisotopic (exact) mass is 438 g/mol. The molecule has 6 heteroatoms. The molecule has 1 aliphatic heterocycles. The summed E-state index contributed by atoms with van der Waals surface area (Å²) in [6, 6.07) is 15.6. The number of para-hydroxylation sites is 1. The third kappa shape index (κ3) is 6.16. The van der Waals surface area contributed by atoms with Gasteiger partial charge in [-0.3, -0.25) is 9.80 Å². The second kappa shape index (κ2) is 10.2. The normalized spacial score (nSPS) is 15.8. The summed E-state index contributed by atoms with van der Waals surface area (Å²) >= 11 is 9.54. The Morgan fingerprint density at radius 2 is 1.38 bits per heavy atom. The molecular weight excluding hydrogens is 416 g/mol. The van der Waals surface area contributed by atoms with E-state index in [9.17, 15) is 0 Å². The highest BCUT2D eigenvalue weighted by atomic mass is 79.9. The predicted octanol–water partition coefficient (Wildman–Crippen LogP) is 4.18. The molecule has 0 spiro atoms. The molecule has 2 aromatic carbocycles. The average molecular weight is 440 g/mol. The molecule has 2 aromatic rings. The number of rotatable bonds is 8. The molecule has 0 saturated carbocycles. The van der Waals surface area contributed by atoms with Crippen molar-refractivity contribution in [3.05, 3.63) is 58.0 Å². The van der Waals surface area contributed by atoms with Gasteiger partial charge in [0.1, 0.15) is 24.7 Å². The van der Waals surface area contributed by atoms with Crippen molar-refractivity contribution >= 4 is 27.5 Å². The van der Waals surface area contributed by atoms with Crippen LogP contribution >= 0.6 is 27.5 Å². The number of piperazine rings is 1. The fourth-order valence-electron chi connectivity index (χ4n) is 2.91. The van der Waals surface area contributed by atoms with E-state index in [4.69, 9.17) is 21.1 Å². The zero-order chi connectivity index (χ0) is 18.2. The molecule has 0 atom stereocenters. The van der Waals surface area contributed by atoms with Crippen molar-refractivity contribution in [1.82, 2.24) is 9.80 Å². The molecular formula is C20H24BrClN2O2. The molecule has 0 radical (unpaired) electrons. The maximum Gasteiger partial charge on any atom is 0.137 e. The maximum atomic E-state index is 6.11. The van der Waals surface area contributed by atoms with E-state index in [-0.39, 0.29) is 0 Å². The summed E-state index contributed by atoms with van der Waals surface area (Å²) in [7, 11) is 0. The van der Waals surface area contributed by atoms with E-state index in [1.54, 1.807) is 0 Å². The zero-order valence-corrected chi connectivity index (χ0v) is 17.1. The Balaban J connectivity index is 1.29. The highest BCUT2D eigenvalue weighted by Gasteiger charge is 2.16. The molecule has 4 nitrogen and oxygen atoms in total. The van der Waals surface area contributed by atoms with Crippen molar-refractivity contribution in [3.8, 4) is 11.5 Å². The van der Waals surface area contributed by atoms with Crippen LogP contribution in [0.3, 0.4) is 0 Å². The van der Waals surface area contributed by atoms with E-state index in [0.717, 1.165) is 61.8 Å². The predicted molar refractivity (Wildman–Crippen MR) is 109 cm³/mol.